The Morgan fingerprint density at radius 3 is 2.05 bits per heavy atom. The van der Waals surface area contributed by atoms with Gasteiger partial charge in [-0.3, -0.25) is 0 Å². The van der Waals surface area contributed by atoms with Gasteiger partial charge in [-0.25, -0.2) is 18.5 Å². The van der Waals surface area contributed by atoms with Crippen molar-refractivity contribution in [3.63, 3.8) is 0 Å². The SMILES string of the molecule is O=C1O[C@H]([C@@H](O)CO)C(O)=C1[O-].O=S(=O)([O-])OO.[NH4+].[Na+]. The molecule has 114 valence electrons. The van der Waals surface area contributed by atoms with Crippen LogP contribution in [0.2, 0.25) is 0 Å². The molecule has 0 unspecified atom stereocenters. The van der Waals surface area contributed by atoms with E-state index < -0.39 is 46.7 Å². The van der Waals surface area contributed by atoms with Gasteiger partial charge in [-0.15, -0.1) is 4.33 Å². The van der Waals surface area contributed by atoms with Crippen LogP contribution in [-0.2, 0) is 24.3 Å². The van der Waals surface area contributed by atoms with Gasteiger partial charge in [0.25, 0.3) is 0 Å². The fourth-order valence-electron chi connectivity index (χ4n) is 0.815. The Bertz CT molecular complexity index is 434. The Kier molecular flexibility index (Phi) is 12.6. The summed E-state index contributed by atoms with van der Waals surface area (Å²) in [6.07, 6.45) is -2.88. The number of carbonyl (C=O) groups excluding carboxylic acids is 1. The summed E-state index contributed by atoms with van der Waals surface area (Å²) >= 11 is 0. The minimum Gasteiger partial charge on any atom is -0.865 e. The van der Waals surface area contributed by atoms with Crippen molar-refractivity contribution in [2.24, 2.45) is 0 Å². The first kappa shape index (κ1) is 24.5. The van der Waals surface area contributed by atoms with E-state index >= 15 is 0 Å². The molecule has 1 heterocycles. The third kappa shape index (κ3) is 7.95. The zero-order valence-electron chi connectivity index (χ0n) is 10.4. The first-order chi connectivity index (χ1) is 8.14. The Hall–Kier alpha value is -0.480. The fourth-order valence-corrected chi connectivity index (χ4v) is 0.815. The molecule has 20 heavy (non-hydrogen) atoms. The molecule has 0 aromatic heterocycles. The Morgan fingerprint density at radius 2 is 1.85 bits per heavy atom. The molecule has 0 aliphatic carbocycles. The minimum absolute atomic E-state index is 0. The molecule has 0 spiro atoms. The molecule has 0 saturated heterocycles. The van der Waals surface area contributed by atoms with Crippen molar-refractivity contribution in [2.45, 2.75) is 12.2 Å². The average Bonchev–Trinajstić information content (AvgIpc) is 2.56. The van der Waals surface area contributed by atoms with Crippen LogP contribution >= 0.6 is 0 Å². The van der Waals surface area contributed by atoms with E-state index in [1.165, 1.54) is 0 Å². The third-order valence-electron chi connectivity index (χ3n) is 1.55. The largest absolute Gasteiger partial charge is 1.00 e. The number of rotatable bonds is 3. The van der Waals surface area contributed by atoms with Gasteiger partial charge in [0.2, 0.25) is 10.4 Å². The molecule has 0 aromatic carbocycles. The molecule has 2 atom stereocenters. The monoisotopic (exact) mass is 329 g/mol. The van der Waals surface area contributed by atoms with Crippen molar-refractivity contribution in [1.82, 2.24) is 6.15 Å². The number of ether oxygens (including phenoxy) is 1. The van der Waals surface area contributed by atoms with Gasteiger partial charge >= 0.3 is 35.5 Å². The molecule has 0 radical (unpaired) electrons. The summed E-state index contributed by atoms with van der Waals surface area (Å²) < 4.78 is 33.5. The maximum Gasteiger partial charge on any atom is 1.00 e. The molecule has 0 bridgehead atoms. The van der Waals surface area contributed by atoms with Gasteiger partial charge in [-0.1, -0.05) is 0 Å². The fraction of sp³-hybridized carbons (Fsp3) is 0.500. The van der Waals surface area contributed by atoms with E-state index in [4.69, 9.17) is 33.5 Å². The quantitative estimate of drug-likeness (QED) is 0.0815. The third-order valence-corrected chi connectivity index (χ3v) is 1.73. The van der Waals surface area contributed by atoms with Crippen molar-refractivity contribution in [1.29, 1.82) is 0 Å². The van der Waals surface area contributed by atoms with Crippen molar-refractivity contribution in [2.75, 3.05) is 6.61 Å². The van der Waals surface area contributed by atoms with Crippen LogP contribution in [0.4, 0.5) is 0 Å². The second-order valence-corrected chi connectivity index (χ2v) is 3.74. The maximum absolute atomic E-state index is 10.6. The standard InChI is InChI=1S/C6H8O6.H3N.Na.H2O5S/c7-1-2(8)5-3(9)4(10)6(11)12-5;;;1-5-6(2,3)4/h2,5,7-10H,1H2;1H3;;1H,(H,2,3,4)/q;;+1;/p-1/t2-,5+;;;/m0.../s1. The van der Waals surface area contributed by atoms with Crippen molar-refractivity contribution in [3.05, 3.63) is 11.5 Å². The van der Waals surface area contributed by atoms with Gasteiger partial charge < -0.3 is 35.9 Å². The van der Waals surface area contributed by atoms with Crippen LogP contribution in [0.1, 0.15) is 0 Å². The van der Waals surface area contributed by atoms with Crippen LogP contribution in [0.25, 0.3) is 0 Å². The minimum atomic E-state index is -4.86. The van der Waals surface area contributed by atoms with E-state index in [1.807, 2.05) is 0 Å². The van der Waals surface area contributed by atoms with Crippen LogP contribution in [0, 0.1) is 0 Å². The summed E-state index contributed by atoms with van der Waals surface area (Å²) in [7, 11) is -4.86. The summed E-state index contributed by atoms with van der Waals surface area (Å²) in [5.74, 6) is -3.25. The summed E-state index contributed by atoms with van der Waals surface area (Å²) in [6.45, 7) is -0.699. The first-order valence-electron chi connectivity index (χ1n) is 4.03. The van der Waals surface area contributed by atoms with Crippen LogP contribution < -0.4 is 40.8 Å². The van der Waals surface area contributed by atoms with E-state index in [0.29, 0.717) is 0 Å². The molecule has 1 aliphatic rings. The summed E-state index contributed by atoms with van der Waals surface area (Å²) in [5, 5.41) is 43.8. The Labute approximate surface area is 135 Å². The van der Waals surface area contributed by atoms with E-state index in [0.717, 1.165) is 0 Å². The molecular weight excluding hydrogens is 317 g/mol. The van der Waals surface area contributed by atoms with Crippen molar-refractivity contribution >= 4 is 16.4 Å². The predicted octanol–water partition coefficient (Wildman–Crippen LogP) is -6.29. The van der Waals surface area contributed by atoms with E-state index in [-0.39, 0.29) is 35.7 Å². The summed E-state index contributed by atoms with van der Waals surface area (Å²) in [6, 6.07) is 0. The molecule has 0 aromatic rings. The molecular formula is C6H12NNaO11S. The molecule has 0 amide bonds. The van der Waals surface area contributed by atoms with Gasteiger partial charge in [0, 0.05) is 5.76 Å². The number of hydrogen-bond acceptors (Lipinski definition) is 11. The van der Waals surface area contributed by atoms with Crippen LogP contribution in [-0.4, -0.2) is 58.3 Å². The number of aliphatic hydroxyl groups is 3. The van der Waals surface area contributed by atoms with Gasteiger partial charge in [0.15, 0.2) is 6.10 Å². The number of carbonyl (C=O) groups is 1. The van der Waals surface area contributed by atoms with Gasteiger partial charge in [0.05, 0.1) is 6.61 Å². The molecule has 14 heteroatoms. The first-order valence-corrected chi connectivity index (χ1v) is 5.36. The van der Waals surface area contributed by atoms with Crippen molar-refractivity contribution in [3.8, 4) is 0 Å². The number of cyclic esters (lactones) is 1. The number of aliphatic hydroxyl groups excluding tert-OH is 3. The average molecular weight is 329 g/mol. The molecule has 1 rings (SSSR count). The summed E-state index contributed by atoms with van der Waals surface area (Å²) in [4.78, 5) is 10.5. The molecule has 8 N–H and O–H groups in total. The maximum atomic E-state index is 10.6. The zero-order chi connectivity index (χ0) is 14.5. The van der Waals surface area contributed by atoms with Crippen LogP contribution in [0.5, 0.6) is 0 Å². The van der Waals surface area contributed by atoms with E-state index in [9.17, 15) is 9.90 Å². The molecule has 0 fully saturated rings. The van der Waals surface area contributed by atoms with Gasteiger partial charge in [0.1, 0.15) is 11.9 Å². The van der Waals surface area contributed by atoms with Crippen LogP contribution in [0.3, 0.4) is 0 Å². The Morgan fingerprint density at radius 1 is 1.45 bits per heavy atom. The second kappa shape index (κ2) is 10.3. The topological polar surface area (TPSA) is 233 Å². The smallest absolute Gasteiger partial charge is 0.865 e. The molecule has 1 aliphatic heterocycles. The number of quaternary nitrogens is 1. The molecule has 0 saturated carbocycles. The van der Waals surface area contributed by atoms with Crippen LogP contribution in [0.15, 0.2) is 11.5 Å². The van der Waals surface area contributed by atoms with E-state index in [1.54, 1.807) is 0 Å². The molecule has 12 nitrogen and oxygen atoms in total. The van der Waals surface area contributed by atoms with Gasteiger partial charge in [-0.2, -0.15) is 0 Å². The normalized spacial score (nSPS) is 19.0. The summed E-state index contributed by atoms with van der Waals surface area (Å²) in [5.41, 5.74) is 0. The van der Waals surface area contributed by atoms with Gasteiger partial charge in [-0.05, 0) is 0 Å². The number of esters is 1. The predicted molar refractivity (Wildman–Crippen MR) is 52.0 cm³/mol. The van der Waals surface area contributed by atoms with Crippen molar-refractivity contribution < 1.29 is 82.1 Å². The van der Waals surface area contributed by atoms with E-state index in [2.05, 4.69) is 9.07 Å². The second-order valence-electron chi connectivity index (χ2n) is 2.77. The zero-order valence-corrected chi connectivity index (χ0v) is 13.2. The Balaban J connectivity index is -0.000000316. The number of hydrogen-bond donors (Lipinski definition) is 5.